The maximum absolute atomic E-state index is 11.9. The fourth-order valence-corrected chi connectivity index (χ4v) is 2.36. The van der Waals surface area contributed by atoms with Gasteiger partial charge in [-0.25, -0.2) is 0 Å². The van der Waals surface area contributed by atoms with Gasteiger partial charge >= 0.3 is 0 Å². The molecule has 4 heteroatoms. The number of nitrogens with zero attached hydrogens (tertiary/aromatic N) is 1. The van der Waals surface area contributed by atoms with Crippen LogP contribution in [0.1, 0.15) is 5.56 Å². The molecule has 17 heavy (non-hydrogen) atoms. The molecule has 0 aromatic heterocycles. The van der Waals surface area contributed by atoms with Crippen molar-refractivity contribution in [2.24, 2.45) is 5.92 Å². The van der Waals surface area contributed by atoms with Crippen molar-refractivity contribution in [1.82, 2.24) is 10.2 Å². The topological polar surface area (TPSA) is 32.3 Å². The molecule has 0 saturated carbocycles. The lowest BCUT2D eigenvalue weighted by atomic mass is 10.0. The number of halogens is 1. The fourth-order valence-electron chi connectivity index (χ4n) is 1.87. The second-order valence-electron chi connectivity index (χ2n) is 4.46. The Morgan fingerprint density at radius 2 is 2.18 bits per heavy atom. The lowest BCUT2D eigenvalue weighted by Crippen LogP contribution is -2.51. The summed E-state index contributed by atoms with van der Waals surface area (Å²) in [6, 6.07) is 8.15. The Kier molecular flexibility index (Phi) is 4.18. The van der Waals surface area contributed by atoms with E-state index in [4.69, 9.17) is 0 Å². The number of carbonyl (C=O) groups is 1. The first-order valence-electron chi connectivity index (χ1n) is 5.87. The number of amides is 1. The first-order chi connectivity index (χ1) is 8.18. The molecule has 1 aromatic carbocycles. The van der Waals surface area contributed by atoms with E-state index in [-0.39, 0.29) is 11.8 Å². The highest BCUT2D eigenvalue weighted by Crippen LogP contribution is 2.17. The van der Waals surface area contributed by atoms with Crippen molar-refractivity contribution in [2.45, 2.75) is 6.42 Å². The minimum absolute atomic E-state index is 0.194. The van der Waals surface area contributed by atoms with Crippen LogP contribution < -0.4 is 5.32 Å². The fraction of sp³-hybridized carbons (Fsp3) is 0.462. The predicted octanol–water partition coefficient (Wildman–Crippen LogP) is 1.67. The van der Waals surface area contributed by atoms with E-state index in [1.807, 2.05) is 30.1 Å². The summed E-state index contributed by atoms with van der Waals surface area (Å²) >= 11 is 3.52. The highest BCUT2D eigenvalue weighted by atomic mass is 79.9. The van der Waals surface area contributed by atoms with Gasteiger partial charge in [0.2, 0.25) is 5.91 Å². The number of rotatable bonds is 4. The zero-order valence-corrected chi connectivity index (χ0v) is 11.5. The third kappa shape index (κ3) is 3.07. The lowest BCUT2D eigenvalue weighted by molar-refractivity contribution is -0.135. The van der Waals surface area contributed by atoms with Gasteiger partial charge in [0, 0.05) is 31.2 Å². The van der Waals surface area contributed by atoms with Gasteiger partial charge in [-0.2, -0.15) is 0 Å². The van der Waals surface area contributed by atoms with Crippen molar-refractivity contribution in [3.8, 4) is 0 Å². The molecule has 92 valence electrons. The average molecular weight is 297 g/mol. The summed E-state index contributed by atoms with van der Waals surface area (Å²) in [5.41, 5.74) is 1.25. The summed E-state index contributed by atoms with van der Waals surface area (Å²) in [6.45, 7) is 2.44. The summed E-state index contributed by atoms with van der Waals surface area (Å²) in [7, 11) is 1.89. The summed E-state index contributed by atoms with van der Waals surface area (Å²) in [6.07, 6.45) is 0.893. The third-order valence-electron chi connectivity index (χ3n) is 3.18. The summed E-state index contributed by atoms with van der Waals surface area (Å²) in [5, 5.41) is 3.12. The van der Waals surface area contributed by atoms with Gasteiger partial charge in [0.15, 0.2) is 0 Å². The number of nitrogens with one attached hydrogen (secondary N) is 1. The Hall–Kier alpha value is -0.870. The van der Waals surface area contributed by atoms with Gasteiger partial charge in [0.05, 0.1) is 5.92 Å². The minimum atomic E-state index is 0.194. The Morgan fingerprint density at radius 1 is 1.47 bits per heavy atom. The van der Waals surface area contributed by atoms with Crippen molar-refractivity contribution < 1.29 is 4.79 Å². The molecule has 1 heterocycles. The average Bonchev–Trinajstić information content (AvgIpc) is 2.25. The van der Waals surface area contributed by atoms with Crippen molar-refractivity contribution >= 4 is 21.8 Å². The molecule has 0 atom stereocenters. The molecule has 1 aliphatic rings. The van der Waals surface area contributed by atoms with Gasteiger partial charge in [-0.15, -0.1) is 0 Å². The Labute approximate surface area is 110 Å². The molecule has 1 fully saturated rings. The molecule has 1 N–H and O–H groups in total. The first-order valence-corrected chi connectivity index (χ1v) is 6.67. The second-order valence-corrected chi connectivity index (χ2v) is 5.31. The molecule has 3 nitrogen and oxygen atoms in total. The van der Waals surface area contributed by atoms with Gasteiger partial charge < -0.3 is 10.2 Å². The van der Waals surface area contributed by atoms with Crippen LogP contribution in [0.25, 0.3) is 0 Å². The molecule has 0 radical (unpaired) electrons. The van der Waals surface area contributed by atoms with Crippen molar-refractivity contribution in [2.75, 3.05) is 26.7 Å². The summed E-state index contributed by atoms with van der Waals surface area (Å²) < 4.78 is 1.12. The zero-order chi connectivity index (χ0) is 12.3. The monoisotopic (exact) mass is 296 g/mol. The number of hydrogen-bond donors (Lipinski definition) is 1. The molecule has 1 aliphatic heterocycles. The van der Waals surface area contributed by atoms with Crippen molar-refractivity contribution in [3.05, 3.63) is 34.3 Å². The molecule has 1 amide bonds. The van der Waals surface area contributed by atoms with E-state index in [1.54, 1.807) is 0 Å². The van der Waals surface area contributed by atoms with Crippen molar-refractivity contribution in [1.29, 1.82) is 0 Å². The molecule has 0 unspecified atom stereocenters. The molecular weight excluding hydrogens is 280 g/mol. The molecular formula is C13H17BrN2O. The first kappa shape index (κ1) is 12.6. The third-order valence-corrected chi connectivity index (χ3v) is 3.95. The zero-order valence-electron chi connectivity index (χ0n) is 9.95. The highest BCUT2D eigenvalue weighted by molar-refractivity contribution is 9.10. The van der Waals surface area contributed by atoms with Gasteiger partial charge in [-0.3, -0.25) is 4.79 Å². The smallest absolute Gasteiger partial charge is 0.228 e. The normalized spacial score (nSPS) is 15.4. The second kappa shape index (κ2) is 5.65. The Bertz CT molecular complexity index is 404. The maximum Gasteiger partial charge on any atom is 0.228 e. The van der Waals surface area contributed by atoms with Gasteiger partial charge in [0.1, 0.15) is 0 Å². The number of benzene rings is 1. The number of carbonyl (C=O) groups excluding carboxylic acids is 1. The quantitative estimate of drug-likeness (QED) is 0.917. The van der Waals surface area contributed by atoms with Crippen LogP contribution in [0, 0.1) is 5.92 Å². The number of hydrogen-bond acceptors (Lipinski definition) is 2. The van der Waals surface area contributed by atoms with Crippen LogP contribution in [0.5, 0.6) is 0 Å². The largest absolute Gasteiger partial charge is 0.345 e. The summed E-state index contributed by atoms with van der Waals surface area (Å²) in [5.74, 6) is 0.454. The van der Waals surface area contributed by atoms with E-state index in [0.29, 0.717) is 0 Å². The van der Waals surface area contributed by atoms with Crippen LogP contribution in [0.3, 0.4) is 0 Å². The SMILES string of the molecule is CN(CCc1ccccc1Br)C(=O)C1CNC1. The van der Waals surface area contributed by atoms with Crippen molar-refractivity contribution in [3.63, 3.8) is 0 Å². The van der Waals surface area contributed by atoms with E-state index in [2.05, 4.69) is 27.3 Å². The van der Waals surface area contributed by atoms with Crippen LogP contribution in [-0.2, 0) is 11.2 Å². The van der Waals surface area contributed by atoms with Crippen LogP contribution in [0.15, 0.2) is 28.7 Å². The molecule has 1 aromatic rings. The Balaban J connectivity index is 1.85. The van der Waals surface area contributed by atoms with Crippen LogP contribution in [-0.4, -0.2) is 37.5 Å². The molecule has 2 rings (SSSR count). The lowest BCUT2D eigenvalue weighted by Gasteiger charge is -2.30. The molecule has 1 saturated heterocycles. The standard InChI is InChI=1S/C13H17BrN2O/c1-16(13(17)11-8-15-9-11)7-6-10-4-2-3-5-12(10)14/h2-5,11,15H,6-9H2,1H3. The summed E-state index contributed by atoms with van der Waals surface area (Å²) in [4.78, 5) is 13.7. The number of likely N-dealkylation sites (N-methyl/N-ethyl adjacent to an activating group) is 1. The predicted molar refractivity (Wildman–Crippen MR) is 71.8 cm³/mol. The van der Waals surface area contributed by atoms with Crippen LogP contribution in [0.4, 0.5) is 0 Å². The van der Waals surface area contributed by atoms with E-state index in [9.17, 15) is 4.79 Å². The molecule has 0 spiro atoms. The highest BCUT2D eigenvalue weighted by Gasteiger charge is 2.27. The molecule has 0 aliphatic carbocycles. The van der Waals surface area contributed by atoms with E-state index in [1.165, 1.54) is 5.56 Å². The van der Waals surface area contributed by atoms with Crippen LogP contribution in [0.2, 0.25) is 0 Å². The molecule has 0 bridgehead atoms. The van der Waals surface area contributed by atoms with Gasteiger partial charge in [-0.05, 0) is 18.1 Å². The maximum atomic E-state index is 11.9. The van der Waals surface area contributed by atoms with Gasteiger partial charge in [-0.1, -0.05) is 34.1 Å². The van der Waals surface area contributed by atoms with Gasteiger partial charge in [0.25, 0.3) is 0 Å². The Morgan fingerprint density at radius 3 is 2.76 bits per heavy atom. The minimum Gasteiger partial charge on any atom is -0.345 e. The van der Waals surface area contributed by atoms with E-state index < -0.39 is 0 Å². The van der Waals surface area contributed by atoms with E-state index in [0.717, 1.165) is 30.5 Å². The van der Waals surface area contributed by atoms with E-state index >= 15 is 0 Å². The van der Waals surface area contributed by atoms with Crippen LogP contribution >= 0.6 is 15.9 Å².